The Morgan fingerprint density at radius 1 is 1.20 bits per heavy atom. The van der Waals surface area contributed by atoms with E-state index in [1.807, 2.05) is 4.90 Å². The number of nitrogens with zero attached hydrogens (tertiary/aromatic N) is 2. The van der Waals surface area contributed by atoms with E-state index in [9.17, 15) is 4.39 Å². The van der Waals surface area contributed by atoms with E-state index < -0.39 is 5.95 Å². The summed E-state index contributed by atoms with van der Waals surface area (Å²) in [7, 11) is 0. The molecule has 0 saturated carbocycles. The summed E-state index contributed by atoms with van der Waals surface area (Å²) in [6.45, 7) is 1.84. The molecule has 1 saturated heterocycles. The second kappa shape index (κ2) is 4.96. The largest absolute Gasteiger partial charge is 0.384 e. The predicted molar refractivity (Wildman–Crippen MR) is 61.4 cm³/mol. The minimum Gasteiger partial charge on any atom is -0.384 e. The Morgan fingerprint density at radius 2 is 1.87 bits per heavy atom. The summed E-state index contributed by atoms with van der Waals surface area (Å²) in [6, 6.07) is 3.36. The van der Waals surface area contributed by atoms with Gasteiger partial charge in [-0.3, -0.25) is 0 Å². The molecule has 2 heterocycles. The third kappa shape index (κ3) is 2.58. The van der Waals surface area contributed by atoms with Crippen LogP contribution in [0.4, 0.5) is 15.9 Å². The van der Waals surface area contributed by atoms with Gasteiger partial charge in [0.15, 0.2) is 0 Å². The average Bonchev–Trinajstić information content (AvgIpc) is 2.19. The molecule has 4 heteroatoms. The third-order valence-corrected chi connectivity index (χ3v) is 2.55. The summed E-state index contributed by atoms with van der Waals surface area (Å²) in [5.74, 6) is -0.213. The van der Waals surface area contributed by atoms with Gasteiger partial charge in [-0.2, -0.15) is 4.39 Å². The van der Waals surface area contributed by atoms with E-state index >= 15 is 0 Å². The lowest BCUT2D eigenvalue weighted by Gasteiger charge is -2.28. The highest BCUT2D eigenvalue weighted by atomic mass is 19.1. The molecular formula is C11H18FN3. The first-order valence-corrected chi connectivity index (χ1v) is 4.94. The van der Waals surface area contributed by atoms with Gasteiger partial charge in [-0.15, -0.1) is 0 Å². The molecule has 0 radical (unpaired) electrons. The number of hydrogen-bond donors (Lipinski definition) is 1. The van der Waals surface area contributed by atoms with Crippen molar-refractivity contribution in [3.8, 4) is 0 Å². The topological polar surface area (TPSA) is 42.1 Å². The van der Waals surface area contributed by atoms with E-state index in [0.29, 0.717) is 5.69 Å². The van der Waals surface area contributed by atoms with Gasteiger partial charge in [-0.05, 0) is 31.4 Å². The van der Waals surface area contributed by atoms with E-state index in [2.05, 4.69) is 4.98 Å². The van der Waals surface area contributed by atoms with Crippen LogP contribution in [-0.4, -0.2) is 18.1 Å². The monoisotopic (exact) mass is 211 g/mol. The predicted octanol–water partition coefficient (Wildman–Crippen LogP) is 2.43. The molecule has 0 aromatic carbocycles. The number of rotatable bonds is 1. The highest BCUT2D eigenvalue weighted by molar-refractivity contribution is 5.49. The number of nitrogens with two attached hydrogens (primary N) is 1. The molecule has 1 aromatic heterocycles. The first kappa shape index (κ1) is 11.8. The molecule has 1 aromatic rings. The molecule has 0 bridgehead atoms. The fourth-order valence-corrected chi connectivity index (χ4v) is 1.81. The molecular weight excluding hydrogens is 193 g/mol. The van der Waals surface area contributed by atoms with Gasteiger partial charge in [-0.1, -0.05) is 7.43 Å². The van der Waals surface area contributed by atoms with E-state index in [1.165, 1.54) is 6.42 Å². The van der Waals surface area contributed by atoms with Gasteiger partial charge in [0.25, 0.3) is 0 Å². The second-order valence-corrected chi connectivity index (χ2v) is 3.59. The lowest BCUT2D eigenvalue weighted by atomic mass is 10.1. The molecule has 84 valence electrons. The molecule has 2 rings (SSSR count). The Labute approximate surface area is 90.1 Å². The quantitative estimate of drug-likeness (QED) is 0.725. The van der Waals surface area contributed by atoms with E-state index in [-0.39, 0.29) is 13.2 Å². The second-order valence-electron chi connectivity index (χ2n) is 3.59. The number of anilines is 2. The summed E-state index contributed by atoms with van der Waals surface area (Å²) in [5.41, 5.74) is 5.97. The van der Waals surface area contributed by atoms with Crippen LogP contribution < -0.4 is 10.6 Å². The normalized spacial score (nSPS) is 15.9. The summed E-state index contributed by atoms with van der Waals surface area (Å²) in [4.78, 5) is 5.65. The van der Waals surface area contributed by atoms with Gasteiger partial charge >= 0.3 is 0 Å². The van der Waals surface area contributed by atoms with Crippen molar-refractivity contribution in [2.45, 2.75) is 26.7 Å². The third-order valence-electron chi connectivity index (χ3n) is 2.55. The number of nitrogen functional groups attached to an aromatic ring is 1. The zero-order valence-electron chi connectivity index (χ0n) is 8.04. The number of piperidine rings is 1. The number of aromatic nitrogens is 1. The molecule has 0 aliphatic carbocycles. The van der Waals surface area contributed by atoms with Crippen molar-refractivity contribution in [1.29, 1.82) is 0 Å². The van der Waals surface area contributed by atoms with Crippen molar-refractivity contribution < 1.29 is 4.39 Å². The van der Waals surface area contributed by atoms with Crippen molar-refractivity contribution in [2.24, 2.45) is 0 Å². The van der Waals surface area contributed by atoms with Crippen LogP contribution in [0, 0.1) is 5.95 Å². The molecule has 0 atom stereocenters. The Bertz CT molecular complexity index is 322. The zero-order valence-corrected chi connectivity index (χ0v) is 8.04. The maximum atomic E-state index is 13.4. The number of pyridine rings is 1. The molecule has 15 heavy (non-hydrogen) atoms. The van der Waals surface area contributed by atoms with Gasteiger partial charge in [0.2, 0.25) is 5.95 Å². The SMILES string of the molecule is C.Nc1ccc(N2CCCCC2)c(F)n1. The lowest BCUT2D eigenvalue weighted by molar-refractivity contribution is 0.542. The summed E-state index contributed by atoms with van der Waals surface area (Å²) >= 11 is 0. The fourth-order valence-electron chi connectivity index (χ4n) is 1.81. The standard InChI is InChI=1S/C10H14FN3.CH4/c11-10-8(4-5-9(12)13-10)14-6-2-1-3-7-14;/h4-5H,1-3,6-7H2,(H2,12,13);1H4. The molecule has 1 aliphatic heterocycles. The van der Waals surface area contributed by atoms with Gasteiger partial charge in [0.05, 0.1) is 5.69 Å². The molecule has 2 N–H and O–H groups in total. The molecule has 3 nitrogen and oxygen atoms in total. The van der Waals surface area contributed by atoms with Crippen molar-refractivity contribution in [2.75, 3.05) is 23.7 Å². The van der Waals surface area contributed by atoms with Crippen molar-refractivity contribution in [3.05, 3.63) is 18.1 Å². The number of hydrogen-bond acceptors (Lipinski definition) is 3. The van der Waals surface area contributed by atoms with Crippen molar-refractivity contribution in [1.82, 2.24) is 4.98 Å². The smallest absolute Gasteiger partial charge is 0.238 e. The molecule has 0 amide bonds. The maximum absolute atomic E-state index is 13.4. The summed E-state index contributed by atoms with van der Waals surface area (Å²) in [5, 5.41) is 0. The van der Waals surface area contributed by atoms with E-state index in [0.717, 1.165) is 25.9 Å². The molecule has 1 aliphatic rings. The van der Waals surface area contributed by atoms with Crippen LogP contribution >= 0.6 is 0 Å². The summed E-state index contributed by atoms with van der Waals surface area (Å²) < 4.78 is 13.4. The Balaban J connectivity index is 0.00000112. The average molecular weight is 211 g/mol. The fraction of sp³-hybridized carbons (Fsp3) is 0.545. The highest BCUT2D eigenvalue weighted by Crippen LogP contribution is 2.22. The lowest BCUT2D eigenvalue weighted by Crippen LogP contribution is -2.30. The van der Waals surface area contributed by atoms with Crippen LogP contribution in [0.25, 0.3) is 0 Å². The van der Waals surface area contributed by atoms with Gasteiger partial charge in [0.1, 0.15) is 5.82 Å². The van der Waals surface area contributed by atoms with Gasteiger partial charge < -0.3 is 10.6 Å². The minimum atomic E-state index is -0.452. The number of halogens is 1. The molecule has 0 unspecified atom stereocenters. The molecule has 1 fully saturated rings. The van der Waals surface area contributed by atoms with Crippen molar-refractivity contribution in [3.63, 3.8) is 0 Å². The Morgan fingerprint density at radius 3 is 2.47 bits per heavy atom. The van der Waals surface area contributed by atoms with E-state index in [4.69, 9.17) is 5.73 Å². The van der Waals surface area contributed by atoms with Crippen LogP contribution in [0.2, 0.25) is 0 Å². The Hall–Kier alpha value is -1.32. The minimum absolute atomic E-state index is 0. The maximum Gasteiger partial charge on any atom is 0.238 e. The van der Waals surface area contributed by atoms with Crippen LogP contribution in [0.15, 0.2) is 12.1 Å². The van der Waals surface area contributed by atoms with Crippen LogP contribution in [-0.2, 0) is 0 Å². The first-order valence-electron chi connectivity index (χ1n) is 4.94. The van der Waals surface area contributed by atoms with Crippen LogP contribution in [0.3, 0.4) is 0 Å². The van der Waals surface area contributed by atoms with Crippen LogP contribution in [0.1, 0.15) is 26.7 Å². The van der Waals surface area contributed by atoms with Crippen LogP contribution in [0.5, 0.6) is 0 Å². The Kier molecular flexibility index (Phi) is 3.88. The highest BCUT2D eigenvalue weighted by Gasteiger charge is 2.15. The van der Waals surface area contributed by atoms with Crippen molar-refractivity contribution >= 4 is 11.5 Å². The summed E-state index contributed by atoms with van der Waals surface area (Å²) in [6.07, 6.45) is 3.49. The molecule has 0 spiro atoms. The van der Waals surface area contributed by atoms with Gasteiger partial charge in [-0.25, -0.2) is 4.98 Å². The first-order chi connectivity index (χ1) is 6.77. The van der Waals surface area contributed by atoms with E-state index in [1.54, 1.807) is 12.1 Å². The zero-order chi connectivity index (χ0) is 9.97. The van der Waals surface area contributed by atoms with Gasteiger partial charge in [0, 0.05) is 13.1 Å².